The minimum atomic E-state index is -0.423. The zero-order chi connectivity index (χ0) is 20.9. The summed E-state index contributed by atoms with van der Waals surface area (Å²) in [5.41, 5.74) is 3.52. The van der Waals surface area contributed by atoms with E-state index in [0.29, 0.717) is 16.7 Å². The molecule has 0 N–H and O–H groups in total. The molecule has 0 fully saturated rings. The maximum absolute atomic E-state index is 13.3. The van der Waals surface area contributed by atoms with E-state index in [-0.39, 0.29) is 17.4 Å². The van der Waals surface area contributed by atoms with Gasteiger partial charge in [0.1, 0.15) is 0 Å². The van der Waals surface area contributed by atoms with Crippen molar-refractivity contribution in [2.45, 2.75) is 5.92 Å². The van der Waals surface area contributed by atoms with E-state index in [1.807, 2.05) is 78.9 Å². The number of hydrogen-bond donors (Lipinski definition) is 0. The Labute approximate surface area is 174 Å². The lowest BCUT2D eigenvalue weighted by atomic mass is 9.81. The minimum absolute atomic E-state index is 0.0357. The van der Waals surface area contributed by atoms with Crippen LogP contribution in [0.2, 0.25) is 0 Å². The summed E-state index contributed by atoms with van der Waals surface area (Å²) in [5.74, 6) is -0.465. The zero-order valence-electron chi connectivity index (χ0n) is 16.1. The third-order valence-corrected chi connectivity index (χ3v) is 5.10. The first-order chi connectivity index (χ1) is 14.6. The second-order valence-electron chi connectivity index (χ2n) is 6.98. The highest BCUT2D eigenvalue weighted by atomic mass is 16.6. The van der Waals surface area contributed by atoms with Crippen molar-refractivity contribution in [3.63, 3.8) is 0 Å². The van der Waals surface area contributed by atoms with Crippen molar-refractivity contribution < 1.29 is 9.72 Å². The van der Waals surface area contributed by atoms with E-state index in [1.165, 1.54) is 12.1 Å². The van der Waals surface area contributed by atoms with Gasteiger partial charge < -0.3 is 0 Å². The van der Waals surface area contributed by atoms with Crippen LogP contribution in [0.3, 0.4) is 0 Å². The summed E-state index contributed by atoms with van der Waals surface area (Å²) in [4.78, 5) is 24.4. The molecule has 0 spiro atoms. The molecule has 0 amide bonds. The SMILES string of the molecule is O=C(c1ccccc1)c1ccc([N+](=O)[O-])cc1C(c1ccccc1)c1ccccc1. The Hall–Kier alpha value is -4.05. The summed E-state index contributed by atoms with van der Waals surface area (Å²) < 4.78 is 0. The predicted octanol–water partition coefficient (Wildman–Crippen LogP) is 6.01. The molecule has 146 valence electrons. The highest BCUT2D eigenvalue weighted by Gasteiger charge is 2.25. The van der Waals surface area contributed by atoms with E-state index < -0.39 is 4.92 Å². The Morgan fingerprint density at radius 1 is 0.700 bits per heavy atom. The molecule has 0 bridgehead atoms. The standard InChI is InChI=1S/C26H19NO3/c28-26(21-14-8-3-9-15-21)23-17-16-22(27(29)30)18-24(23)25(19-10-4-1-5-11-19)20-12-6-2-7-13-20/h1-18,25H. The molecule has 0 aromatic heterocycles. The molecule has 0 saturated carbocycles. The van der Waals surface area contributed by atoms with E-state index in [2.05, 4.69) is 0 Å². The van der Waals surface area contributed by atoms with Crippen molar-refractivity contribution in [2.24, 2.45) is 0 Å². The predicted molar refractivity (Wildman–Crippen MR) is 117 cm³/mol. The number of rotatable bonds is 6. The van der Waals surface area contributed by atoms with Gasteiger partial charge in [0.2, 0.25) is 0 Å². The van der Waals surface area contributed by atoms with Gasteiger partial charge >= 0.3 is 0 Å². The molecular weight excluding hydrogens is 374 g/mol. The first-order valence-corrected chi connectivity index (χ1v) is 9.63. The van der Waals surface area contributed by atoms with E-state index in [4.69, 9.17) is 0 Å². The van der Waals surface area contributed by atoms with Crippen molar-refractivity contribution in [3.8, 4) is 0 Å². The van der Waals surface area contributed by atoms with Crippen LogP contribution in [0.15, 0.2) is 109 Å². The van der Waals surface area contributed by atoms with Crippen LogP contribution in [-0.2, 0) is 0 Å². The lowest BCUT2D eigenvalue weighted by Gasteiger charge is -2.21. The van der Waals surface area contributed by atoms with Gasteiger partial charge in [0.25, 0.3) is 5.69 Å². The summed E-state index contributed by atoms with van der Waals surface area (Å²) in [5, 5.41) is 11.5. The largest absolute Gasteiger partial charge is 0.289 e. The fourth-order valence-electron chi connectivity index (χ4n) is 3.70. The van der Waals surface area contributed by atoms with Crippen LogP contribution in [0.5, 0.6) is 0 Å². The summed E-state index contributed by atoms with van der Waals surface area (Å²) in [6.45, 7) is 0. The van der Waals surface area contributed by atoms with Gasteiger partial charge in [0.05, 0.1) is 4.92 Å². The van der Waals surface area contributed by atoms with E-state index in [0.717, 1.165) is 11.1 Å². The van der Waals surface area contributed by atoms with Gasteiger partial charge in [0, 0.05) is 29.2 Å². The minimum Gasteiger partial charge on any atom is -0.289 e. The molecule has 0 unspecified atom stereocenters. The molecule has 4 aromatic carbocycles. The molecule has 0 atom stereocenters. The Morgan fingerprint density at radius 2 is 1.20 bits per heavy atom. The Kier molecular flexibility index (Phi) is 5.48. The number of non-ortho nitro benzene ring substituents is 1. The Balaban J connectivity index is 1.96. The van der Waals surface area contributed by atoms with Gasteiger partial charge in [-0.2, -0.15) is 0 Å². The van der Waals surface area contributed by atoms with Crippen molar-refractivity contribution in [1.82, 2.24) is 0 Å². The smallest absolute Gasteiger partial charge is 0.269 e. The van der Waals surface area contributed by atoms with Crippen LogP contribution in [0.25, 0.3) is 0 Å². The molecule has 4 rings (SSSR count). The summed E-state index contributed by atoms with van der Waals surface area (Å²) in [6.07, 6.45) is 0. The van der Waals surface area contributed by atoms with E-state index >= 15 is 0 Å². The number of nitrogens with zero attached hydrogens (tertiary/aromatic N) is 1. The highest BCUT2D eigenvalue weighted by Crippen LogP contribution is 2.36. The third kappa shape index (κ3) is 3.89. The average molecular weight is 393 g/mol. The van der Waals surface area contributed by atoms with E-state index in [1.54, 1.807) is 18.2 Å². The fourth-order valence-corrected chi connectivity index (χ4v) is 3.70. The number of hydrogen-bond acceptors (Lipinski definition) is 3. The first kappa shape index (κ1) is 19.3. The number of carbonyl (C=O) groups is 1. The summed E-state index contributed by atoms with van der Waals surface area (Å²) in [6, 6.07) is 33.0. The van der Waals surface area contributed by atoms with Crippen molar-refractivity contribution in [1.29, 1.82) is 0 Å². The van der Waals surface area contributed by atoms with Gasteiger partial charge in [0.15, 0.2) is 5.78 Å². The number of nitro benzene ring substituents is 1. The lowest BCUT2D eigenvalue weighted by molar-refractivity contribution is -0.384. The third-order valence-electron chi connectivity index (χ3n) is 5.10. The molecular formula is C26H19NO3. The molecule has 0 aliphatic carbocycles. The van der Waals surface area contributed by atoms with Gasteiger partial charge in [-0.3, -0.25) is 14.9 Å². The van der Waals surface area contributed by atoms with Gasteiger partial charge in [-0.25, -0.2) is 0 Å². The first-order valence-electron chi connectivity index (χ1n) is 9.63. The normalized spacial score (nSPS) is 10.7. The van der Waals surface area contributed by atoms with Crippen molar-refractivity contribution in [2.75, 3.05) is 0 Å². The monoisotopic (exact) mass is 393 g/mol. The van der Waals surface area contributed by atoms with Crippen LogP contribution in [0.1, 0.15) is 38.5 Å². The molecule has 4 nitrogen and oxygen atoms in total. The van der Waals surface area contributed by atoms with Crippen LogP contribution < -0.4 is 0 Å². The average Bonchev–Trinajstić information content (AvgIpc) is 2.81. The maximum atomic E-state index is 13.3. The van der Waals surface area contributed by atoms with Gasteiger partial charge in [-0.15, -0.1) is 0 Å². The van der Waals surface area contributed by atoms with Crippen LogP contribution >= 0.6 is 0 Å². The van der Waals surface area contributed by atoms with Crippen LogP contribution in [0.4, 0.5) is 5.69 Å². The molecule has 4 heteroatoms. The second-order valence-corrected chi connectivity index (χ2v) is 6.98. The van der Waals surface area contributed by atoms with Gasteiger partial charge in [-0.05, 0) is 22.8 Å². The Bertz CT molecular complexity index is 1130. The Morgan fingerprint density at radius 3 is 1.70 bits per heavy atom. The lowest BCUT2D eigenvalue weighted by Crippen LogP contribution is -2.12. The number of benzene rings is 4. The molecule has 0 saturated heterocycles. The van der Waals surface area contributed by atoms with Crippen molar-refractivity contribution in [3.05, 3.63) is 147 Å². The molecule has 30 heavy (non-hydrogen) atoms. The number of nitro groups is 1. The molecule has 0 aliphatic rings. The fraction of sp³-hybridized carbons (Fsp3) is 0.0385. The number of ketones is 1. The molecule has 0 radical (unpaired) electrons. The molecule has 0 heterocycles. The zero-order valence-corrected chi connectivity index (χ0v) is 16.1. The highest BCUT2D eigenvalue weighted by molar-refractivity contribution is 6.10. The summed E-state index contributed by atoms with van der Waals surface area (Å²) >= 11 is 0. The molecule has 4 aromatic rings. The van der Waals surface area contributed by atoms with Gasteiger partial charge in [-0.1, -0.05) is 91.0 Å². The quantitative estimate of drug-likeness (QED) is 0.175. The van der Waals surface area contributed by atoms with Crippen molar-refractivity contribution >= 4 is 11.5 Å². The molecule has 0 aliphatic heterocycles. The number of carbonyl (C=O) groups excluding carboxylic acids is 1. The van der Waals surface area contributed by atoms with E-state index in [9.17, 15) is 14.9 Å². The maximum Gasteiger partial charge on any atom is 0.269 e. The summed E-state index contributed by atoms with van der Waals surface area (Å²) in [7, 11) is 0. The van der Waals surface area contributed by atoms with Crippen LogP contribution in [0, 0.1) is 10.1 Å². The second kappa shape index (κ2) is 8.53. The van der Waals surface area contributed by atoms with Crippen LogP contribution in [-0.4, -0.2) is 10.7 Å². The topological polar surface area (TPSA) is 60.2 Å².